The lowest BCUT2D eigenvalue weighted by atomic mass is 9.71. The molecule has 4 atom stereocenters. The van der Waals surface area contributed by atoms with E-state index in [2.05, 4.69) is 11.8 Å². The first kappa shape index (κ1) is 14.8. The van der Waals surface area contributed by atoms with Crippen molar-refractivity contribution < 1.29 is 14.3 Å². The summed E-state index contributed by atoms with van der Waals surface area (Å²) in [5.74, 6) is 0.236. The Morgan fingerprint density at radius 1 is 1.24 bits per heavy atom. The van der Waals surface area contributed by atoms with Gasteiger partial charge in [0.1, 0.15) is 6.61 Å². The molecule has 1 saturated carbocycles. The van der Waals surface area contributed by atoms with Crippen molar-refractivity contribution >= 4 is 11.8 Å². The average molecular weight is 294 g/mol. The van der Waals surface area contributed by atoms with E-state index in [0.29, 0.717) is 12.6 Å². The number of hydrogen-bond donors (Lipinski definition) is 0. The first-order valence-electron chi connectivity index (χ1n) is 8.06. The third-order valence-corrected chi connectivity index (χ3v) is 5.87. The van der Waals surface area contributed by atoms with Crippen LogP contribution >= 0.6 is 0 Å². The number of carbonyl (C=O) groups is 2. The fourth-order valence-corrected chi connectivity index (χ4v) is 5.12. The average Bonchev–Trinajstić information content (AvgIpc) is 2.54. The Morgan fingerprint density at radius 3 is 2.52 bits per heavy atom. The van der Waals surface area contributed by atoms with Crippen LogP contribution in [0.1, 0.15) is 46.0 Å². The van der Waals surface area contributed by atoms with E-state index in [1.807, 2.05) is 4.90 Å². The molecule has 5 nitrogen and oxygen atoms in total. The third kappa shape index (κ3) is 2.17. The Kier molecular flexibility index (Phi) is 3.72. The lowest BCUT2D eigenvalue weighted by molar-refractivity contribution is -0.143. The number of fused-ring (bicyclic) bond motifs is 1. The monoisotopic (exact) mass is 294 g/mol. The van der Waals surface area contributed by atoms with Crippen molar-refractivity contribution in [3.8, 4) is 0 Å². The second-order valence-corrected chi connectivity index (χ2v) is 7.09. The van der Waals surface area contributed by atoms with E-state index < -0.39 is 0 Å². The van der Waals surface area contributed by atoms with Crippen molar-refractivity contribution in [2.75, 3.05) is 20.3 Å². The van der Waals surface area contributed by atoms with Crippen LogP contribution in [0.15, 0.2) is 0 Å². The van der Waals surface area contributed by atoms with Crippen molar-refractivity contribution in [3.05, 3.63) is 0 Å². The normalized spacial score (nSPS) is 38.3. The number of methoxy groups -OCH3 is 1. The lowest BCUT2D eigenvalue weighted by Gasteiger charge is -2.46. The van der Waals surface area contributed by atoms with Gasteiger partial charge in [0.2, 0.25) is 11.8 Å². The molecule has 2 amide bonds. The van der Waals surface area contributed by atoms with E-state index in [0.717, 1.165) is 32.1 Å². The summed E-state index contributed by atoms with van der Waals surface area (Å²) in [5.41, 5.74) is 0.0501. The van der Waals surface area contributed by atoms with Crippen LogP contribution in [0.4, 0.5) is 0 Å². The van der Waals surface area contributed by atoms with E-state index in [1.165, 1.54) is 0 Å². The second-order valence-electron chi connectivity index (χ2n) is 7.09. The topological polar surface area (TPSA) is 49.9 Å². The zero-order valence-corrected chi connectivity index (χ0v) is 13.3. The minimum atomic E-state index is 0.0501. The van der Waals surface area contributed by atoms with Gasteiger partial charge in [0.25, 0.3) is 0 Å². The molecule has 1 aliphatic carbocycles. The smallest absolute Gasteiger partial charge is 0.248 e. The lowest BCUT2D eigenvalue weighted by Crippen LogP contribution is -2.56. The highest BCUT2D eigenvalue weighted by Crippen LogP contribution is 2.53. The van der Waals surface area contributed by atoms with Crippen molar-refractivity contribution in [1.29, 1.82) is 0 Å². The Bertz CT molecular complexity index is 453. The summed E-state index contributed by atoms with van der Waals surface area (Å²) in [6.07, 6.45) is 5.47. The Labute approximate surface area is 126 Å². The van der Waals surface area contributed by atoms with Crippen LogP contribution < -0.4 is 0 Å². The zero-order valence-electron chi connectivity index (χ0n) is 13.3. The van der Waals surface area contributed by atoms with Gasteiger partial charge >= 0.3 is 0 Å². The van der Waals surface area contributed by atoms with Gasteiger partial charge in [-0.1, -0.05) is 19.8 Å². The van der Waals surface area contributed by atoms with Gasteiger partial charge in [0.05, 0.1) is 6.04 Å². The minimum Gasteiger partial charge on any atom is -0.375 e. The maximum Gasteiger partial charge on any atom is 0.248 e. The molecule has 2 saturated heterocycles. The predicted molar refractivity (Wildman–Crippen MR) is 78.7 cm³/mol. The van der Waals surface area contributed by atoms with Crippen molar-refractivity contribution in [2.45, 2.75) is 64.1 Å². The first-order chi connectivity index (χ1) is 9.99. The molecule has 0 aromatic carbocycles. The predicted octanol–water partition coefficient (Wildman–Crippen LogP) is 1.41. The molecule has 5 heteroatoms. The molecule has 0 spiro atoms. The summed E-state index contributed by atoms with van der Waals surface area (Å²) in [6, 6.07) is 0.744. The van der Waals surface area contributed by atoms with Crippen molar-refractivity contribution in [3.63, 3.8) is 0 Å². The standard InChI is InChI=1S/C16H26N2O3/c1-11(19)18-12-8-16(2)13(6-4-5-7-14(16)18)17(9-12)15(20)10-21-3/h12-14H,4-10H2,1-3H3/t12-,13+,14-,16+/m0/s1. The molecule has 0 N–H and O–H groups in total. The Hall–Kier alpha value is -1.10. The van der Waals surface area contributed by atoms with Crippen LogP contribution in [-0.4, -0.2) is 60.0 Å². The molecule has 3 aliphatic rings. The van der Waals surface area contributed by atoms with Gasteiger partial charge in [0, 0.05) is 38.1 Å². The summed E-state index contributed by atoms with van der Waals surface area (Å²) in [4.78, 5) is 28.7. The molecule has 21 heavy (non-hydrogen) atoms. The summed E-state index contributed by atoms with van der Waals surface area (Å²) in [6.45, 7) is 4.78. The van der Waals surface area contributed by atoms with Gasteiger partial charge < -0.3 is 14.5 Å². The molecule has 2 aliphatic heterocycles. The van der Waals surface area contributed by atoms with E-state index in [-0.39, 0.29) is 35.9 Å². The molecule has 3 rings (SSSR count). The number of carbonyl (C=O) groups excluding carboxylic acids is 2. The number of likely N-dealkylation sites (tertiary alicyclic amines) is 2. The van der Waals surface area contributed by atoms with E-state index in [9.17, 15) is 9.59 Å². The van der Waals surface area contributed by atoms with E-state index in [4.69, 9.17) is 4.74 Å². The zero-order chi connectivity index (χ0) is 15.2. The molecule has 2 heterocycles. The first-order valence-corrected chi connectivity index (χ1v) is 8.06. The van der Waals surface area contributed by atoms with Gasteiger partial charge in [-0.15, -0.1) is 0 Å². The summed E-state index contributed by atoms with van der Waals surface area (Å²) < 4.78 is 5.05. The number of nitrogens with zero attached hydrogens (tertiary/aromatic N) is 2. The van der Waals surface area contributed by atoms with Gasteiger partial charge in [-0.25, -0.2) is 0 Å². The molecular formula is C16H26N2O3. The summed E-state index contributed by atoms with van der Waals surface area (Å²) in [5, 5.41) is 0. The van der Waals surface area contributed by atoms with E-state index >= 15 is 0 Å². The maximum absolute atomic E-state index is 12.4. The van der Waals surface area contributed by atoms with Gasteiger partial charge in [-0.2, -0.15) is 0 Å². The van der Waals surface area contributed by atoms with Gasteiger partial charge in [-0.05, 0) is 19.3 Å². The van der Waals surface area contributed by atoms with Crippen LogP contribution in [0.2, 0.25) is 0 Å². The van der Waals surface area contributed by atoms with Crippen LogP contribution in [-0.2, 0) is 14.3 Å². The highest BCUT2D eigenvalue weighted by Gasteiger charge is 2.60. The summed E-state index contributed by atoms with van der Waals surface area (Å²) >= 11 is 0. The molecule has 2 bridgehead atoms. The Morgan fingerprint density at radius 2 is 1.90 bits per heavy atom. The maximum atomic E-state index is 12.4. The number of piperidine rings is 1. The van der Waals surface area contributed by atoms with Gasteiger partial charge in [-0.3, -0.25) is 9.59 Å². The number of amides is 2. The van der Waals surface area contributed by atoms with Crippen LogP contribution in [0.25, 0.3) is 0 Å². The molecule has 0 unspecified atom stereocenters. The van der Waals surface area contributed by atoms with Gasteiger partial charge in [0.15, 0.2) is 0 Å². The largest absolute Gasteiger partial charge is 0.375 e. The minimum absolute atomic E-state index is 0.0501. The van der Waals surface area contributed by atoms with Crippen molar-refractivity contribution in [1.82, 2.24) is 9.80 Å². The highest BCUT2D eigenvalue weighted by atomic mass is 16.5. The molecule has 0 aromatic rings. The molecule has 0 aromatic heterocycles. The van der Waals surface area contributed by atoms with Crippen LogP contribution in [0, 0.1) is 5.41 Å². The number of hydrogen-bond acceptors (Lipinski definition) is 3. The second kappa shape index (κ2) is 5.27. The van der Waals surface area contributed by atoms with Crippen LogP contribution in [0.5, 0.6) is 0 Å². The van der Waals surface area contributed by atoms with Crippen LogP contribution in [0.3, 0.4) is 0 Å². The molecule has 118 valence electrons. The number of rotatable bonds is 2. The fraction of sp³-hybridized carbons (Fsp3) is 0.875. The third-order valence-electron chi connectivity index (χ3n) is 5.87. The SMILES string of the molecule is COCC(=O)N1C[C@@H]2C[C@@]3(C)[C@H](CCCC[C@@H]13)N2C(C)=O. The molecular weight excluding hydrogens is 268 g/mol. The Balaban J connectivity index is 1.97. The number of ether oxygens (including phenoxy) is 1. The summed E-state index contributed by atoms with van der Waals surface area (Å²) in [7, 11) is 1.57. The van der Waals surface area contributed by atoms with E-state index in [1.54, 1.807) is 14.0 Å². The molecule has 3 fully saturated rings. The quantitative estimate of drug-likeness (QED) is 0.774. The van der Waals surface area contributed by atoms with Crippen molar-refractivity contribution in [2.24, 2.45) is 5.41 Å². The highest BCUT2D eigenvalue weighted by molar-refractivity contribution is 5.79. The fourth-order valence-electron chi connectivity index (χ4n) is 5.12. The molecule has 0 radical (unpaired) electrons.